The van der Waals surface area contributed by atoms with Gasteiger partial charge >= 0.3 is 0 Å². The lowest BCUT2D eigenvalue weighted by atomic mass is 10.1. The lowest BCUT2D eigenvalue weighted by Crippen LogP contribution is -2.26. The SMILES string of the molecule is Cc1cccc(-n2nccc2-c2cc(F)c(N)c(N(N)c3ccc4cn[nH]c4c3)c2)c1. The molecule has 0 amide bonds. The highest BCUT2D eigenvalue weighted by molar-refractivity contribution is 5.86. The number of nitrogens with one attached hydrogen (secondary N) is 1. The third-order valence-corrected chi connectivity index (χ3v) is 5.26. The van der Waals surface area contributed by atoms with E-state index in [1.807, 2.05) is 55.5 Å². The van der Waals surface area contributed by atoms with Crippen molar-refractivity contribution in [3.8, 4) is 16.9 Å². The molecular formula is C23H20FN7. The van der Waals surface area contributed by atoms with Gasteiger partial charge in [0.25, 0.3) is 0 Å². The van der Waals surface area contributed by atoms with Gasteiger partial charge in [-0.2, -0.15) is 10.2 Å². The fraction of sp³-hybridized carbons (Fsp3) is 0.0435. The van der Waals surface area contributed by atoms with Crippen LogP contribution in [0.3, 0.4) is 0 Å². The van der Waals surface area contributed by atoms with Crippen LogP contribution in [0, 0.1) is 12.7 Å². The number of nitrogens with two attached hydrogens (primary N) is 2. The predicted octanol–water partition coefficient (Wildman–Crippen LogP) is 4.46. The predicted molar refractivity (Wildman–Crippen MR) is 121 cm³/mol. The second kappa shape index (κ2) is 7.26. The van der Waals surface area contributed by atoms with Crippen molar-refractivity contribution >= 4 is 28.0 Å². The number of anilines is 3. The Hall–Kier alpha value is -4.17. The van der Waals surface area contributed by atoms with Crippen LogP contribution in [0.1, 0.15) is 5.56 Å². The third kappa shape index (κ3) is 3.28. The highest BCUT2D eigenvalue weighted by Crippen LogP contribution is 2.35. The van der Waals surface area contributed by atoms with E-state index < -0.39 is 5.82 Å². The first kappa shape index (κ1) is 18.8. The molecule has 2 aromatic heterocycles. The first-order valence-electron chi connectivity index (χ1n) is 9.70. The molecular weight excluding hydrogens is 393 g/mol. The summed E-state index contributed by atoms with van der Waals surface area (Å²) in [5.41, 5.74) is 11.2. The van der Waals surface area contributed by atoms with Crippen LogP contribution in [-0.4, -0.2) is 20.0 Å². The zero-order chi connectivity index (χ0) is 21.5. The standard InChI is InChI=1S/C23H20FN7/c1-14-3-2-4-18(9-14)31-21(7-8-28-31)16-10-19(24)23(25)22(11-16)30(26)17-6-5-15-13-27-29-20(15)12-17/h2-13H,25-26H2,1H3,(H,27,29). The number of H-pyrrole nitrogens is 1. The number of aromatic amines is 1. The minimum absolute atomic E-state index is 0.0300. The molecule has 0 radical (unpaired) electrons. The summed E-state index contributed by atoms with van der Waals surface area (Å²) in [5, 5.41) is 13.7. The highest BCUT2D eigenvalue weighted by Gasteiger charge is 2.17. The quantitative estimate of drug-likeness (QED) is 0.229. The Balaban J connectivity index is 1.61. The number of aryl methyl sites for hydroxylation is 1. The van der Waals surface area contributed by atoms with E-state index in [1.165, 1.54) is 11.1 Å². The fourth-order valence-corrected chi connectivity index (χ4v) is 3.65. The summed E-state index contributed by atoms with van der Waals surface area (Å²) in [6.45, 7) is 2.01. The molecule has 0 aliphatic carbocycles. The Bertz CT molecular complexity index is 1400. The van der Waals surface area contributed by atoms with Crippen LogP contribution in [0.5, 0.6) is 0 Å². The van der Waals surface area contributed by atoms with Gasteiger partial charge in [-0.05, 0) is 61.0 Å². The molecule has 0 bridgehead atoms. The van der Waals surface area contributed by atoms with Crippen molar-refractivity contribution in [1.29, 1.82) is 0 Å². The number of hydrazine groups is 1. The van der Waals surface area contributed by atoms with Gasteiger partial charge in [0.05, 0.1) is 46.4 Å². The Morgan fingerprint density at radius 2 is 1.94 bits per heavy atom. The summed E-state index contributed by atoms with van der Waals surface area (Å²) in [6.07, 6.45) is 3.40. The third-order valence-electron chi connectivity index (χ3n) is 5.26. The van der Waals surface area contributed by atoms with Crippen LogP contribution in [0.25, 0.3) is 27.8 Å². The average Bonchev–Trinajstić information content (AvgIpc) is 3.44. The van der Waals surface area contributed by atoms with E-state index in [4.69, 9.17) is 11.6 Å². The van der Waals surface area contributed by atoms with Crippen molar-refractivity contribution in [2.75, 3.05) is 10.7 Å². The van der Waals surface area contributed by atoms with Crippen molar-refractivity contribution in [3.05, 3.63) is 84.4 Å². The van der Waals surface area contributed by atoms with Crippen LogP contribution < -0.4 is 16.6 Å². The maximum atomic E-state index is 14.9. The van der Waals surface area contributed by atoms with Crippen LogP contribution in [0.2, 0.25) is 0 Å². The van der Waals surface area contributed by atoms with Crippen LogP contribution in [0.4, 0.5) is 21.5 Å². The molecule has 31 heavy (non-hydrogen) atoms. The smallest absolute Gasteiger partial charge is 0.148 e. The topological polar surface area (TPSA) is 102 Å². The van der Waals surface area contributed by atoms with Crippen molar-refractivity contribution in [1.82, 2.24) is 20.0 Å². The molecule has 0 atom stereocenters. The molecule has 5 aromatic rings. The molecule has 5 N–H and O–H groups in total. The zero-order valence-electron chi connectivity index (χ0n) is 16.7. The Kier molecular flexibility index (Phi) is 4.41. The largest absolute Gasteiger partial charge is 0.395 e. The van der Waals surface area contributed by atoms with E-state index in [9.17, 15) is 4.39 Å². The number of nitrogens with zero attached hydrogens (tertiary/aromatic N) is 4. The maximum Gasteiger partial charge on any atom is 0.148 e. The number of hydrogen-bond acceptors (Lipinski definition) is 5. The lowest BCUT2D eigenvalue weighted by Gasteiger charge is -2.22. The molecule has 0 spiro atoms. The molecule has 0 aliphatic heterocycles. The highest BCUT2D eigenvalue weighted by atomic mass is 19.1. The normalized spacial score (nSPS) is 11.2. The summed E-state index contributed by atoms with van der Waals surface area (Å²) >= 11 is 0. The molecule has 5 rings (SSSR count). The van der Waals surface area contributed by atoms with E-state index in [0.717, 1.165) is 27.8 Å². The molecule has 0 saturated heterocycles. The summed E-state index contributed by atoms with van der Waals surface area (Å²) in [5.74, 6) is 5.81. The average molecular weight is 413 g/mol. The molecule has 7 nitrogen and oxygen atoms in total. The summed E-state index contributed by atoms with van der Waals surface area (Å²) in [6, 6.07) is 18.5. The molecule has 154 valence electrons. The number of nitrogen functional groups attached to an aromatic ring is 1. The van der Waals surface area contributed by atoms with Gasteiger partial charge < -0.3 is 5.73 Å². The lowest BCUT2D eigenvalue weighted by molar-refractivity contribution is 0.632. The van der Waals surface area contributed by atoms with E-state index >= 15 is 0 Å². The molecule has 8 heteroatoms. The van der Waals surface area contributed by atoms with Gasteiger partial charge in [-0.15, -0.1) is 0 Å². The maximum absolute atomic E-state index is 14.9. The number of aromatic nitrogens is 4. The first-order valence-corrected chi connectivity index (χ1v) is 9.70. The first-order chi connectivity index (χ1) is 15.0. The van der Waals surface area contributed by atoms with Gasteiger partial charge in [0.2, 0.25) is 0 Å². The van der Waals surface area contributed by atoms with E-state index in [-0.39, 0.29) is 5.69 Å². The Morgan fingerprint density at radius 1 is 1.06 bits per heavy atom. The summed E-state index contributed by atoms with van der Waals surface area (Å²) < 4.78 is 16.6. The number of fused-ring (bicyclic) bond motifs is 1. The van der Waals surface area contributed by atoms with Gasteiger partial charge in [-0.1, -0.05) is 12.1 Å². The van der Waals surface area contributed by atoms with Gasteiger partial charge in [0.1, 0.15) is 5.82 Å². The van der Waals surface area contributed by atoms with Crippen molar-refractivity contribution in [3.63, 3.8) is 0 Å². The molecule has 3 aromatic carbocycles. The molecule has 0 unspecified atom stereocenters. The second-order valence-electron chi connectivity index (χ2n) is 7.37. The van der Waals surface area contributed by atoms with Crippen molar-refractivity contribution in [2.24, 2.45) is 5.84 Å². The van der Waals surface area contributed by atoms with E-state index in [1.54, 1.807) is 23.1 Å². The zero-order valence-corrected chi connectivity index (χ0v) is 16.7. The second-order valence-corrected chi connectivity index (χ2v) is 7.37. The van der Waals surface area contributed by atoms with Gasteiger partial charge in [0.15, 0.2) is 0 Å². The molecule has 0 aliphatic rings. The number of halogens is 1. The van der Waals surface area contributed by atoms with Crippen LogP contribution in [0.15, 0.2) is 73.1 Å². The van der Waals surface area contributed by atoms with Crippen molar-refractivity contribution in [2.45, 2.75) is 6.92 Å². The molecule has 0 fully saturated rings. The summed E-state index contributed by atoms with van der Waals surface area (Å²) in [4.78, 5) is 0. The van der Waals surface area contributed by atoms with Gasteiger partial charge in [-0.3, -0.25) is 10.1 Å². The Labute approximate surface area is 177 Å². The number of hydrogen-bond donors (Lipinski definition) is 3. The minimum atomic E-state index is -0.553. The number of rotatable bonds is 4. The molecule has 2 heterocycles. The molecule has 0 saturated carbocycles. The van der Waals surface area contributed by atoms with Gasteiger partial charge in [-0.25, -0.2) is 14.9 Å². The summed E-state index contributed by atoms with van der Waals surface area (Å²) in [7, 11) is 0. The van der Waals surface area contributed by atoms with E-state index in [2.05, 4.69) is 15.3 Å². The number of benzene rings is 3. The van der Waals surface area contributed by atoms with Gasteiger partial charge in [0, 0.05) is 10.9 Å². The van der Waals surface area contributed by atoms with Crippen LogP contribution >= 0.6 is 0 Å². The Morgan fingerprint density at radius 3 is 2.77 bits per heavy atom. The fourth-order valence-electron chi connectivity index (χ4n) is 3.65. The minimum Gasteiger partial charge on any atom is -0.395 e. The van der Waals surface area contributed by atoms with Crippen molar-refractivity contribution < 1.29 is 4.39 Å². The van der Waals surface area contributed by atoms with E-state index in [0.29, 0.717) is 16.9 Å². The van der Waals surface area contributed by atoms with Crippen LogP contribution in [-0.2, 0) is 0 Å². The monoisotopic (exact) mass is 413 g/mol.